The highest BCUT2D eigenvalue weighted by Crippen LogP contribution is 2.43. The topological polar surface area (TPSA) is 95.6 Å². The number of furan rings is 1. The van der Waals surface area contributed by atoms with Gasteiger partial charge in [0.2, 0.25) is 0 Å². The Hall–Kier alpha value is -4.00. The van der Waals surface area contributed by atoms with Gasteiger partial charge >= 0.3 is 11.9 Å². The lowest BCUT2D eigenvalue weighted by Crippen LogP contribution is -2.49. The Morgan fingerprint density at radius 1 is 0.930 bits per heavy atom. The summed E-state index contributed by atoms with van der Waals surface area (Å²) in [7, 11) is 0. The first-order valence-corrected chi connectivity index (χ1v) is 14.0. The number of piperidine rings is 1. The van der Waals surface area contributed by atoms with Crippen molar-refractivity contribution in [3.8, 4) is 0 Å². The number of hydrogen-bond acceptors (Lipinski definition) is 6. The maximum Gasteiger partial charge on any atom is 0.416 e. The van der Waals surface area contributed by atoms with Gasteiger partial charge in [0, 0.05) is 24.7 Å². The molecule has 1 spiro atoms. The van der Waals surface area contributed by atoms with Crippen LogP contribution in [0.1, 0.15) is 52.6 Å². The lowest BCUT2D eigenvalue weighted by molar-refractivity contribution is -0.138. The Labute approximate surface area is 243 Å². The zero-order valence-corrected chi connectivity index (χ0v) is 23.1. The minimum atomic E-state index is -4.85. The molecule has 2 aromatic heterocycles. The van der Waals surface area contributed by atoms with E-state index in [2.05, 4.69) is 4.90 Å². The van der Waals surface area contributed by atoms with E-state index in [1.54, 1.807) is 42.7 Å². The van der Waals surface area contributed by atoms with Crippen LogP contribution >= 0.6 is 0 Å². The molecule has 1 saturated heterocycles. The lowest BCUT2D eigenvalue weighted by atomic mass is 9.85. The normalized spacial score (nSPS) is 17.3. The average Bonchev–Trinajstić information content (AvgIpc) is 3.63. The van der Waals surface area contributed by atoms with Crippen LogP contribution in [0, 0.1) is 5.82 Å². The molecule has 2 aliphatic rings. The molecule has 4 heterocycles. The molecule has 0 saturated carbocycles. The number of halogens is 4. The zero-order chi connectivity index (χ0) is 30.4. The highest BCUT2D eigenvalue weighted by Gasteiger charge is 2.47. The summed E-state index contributed by atoms with van der Waals surface area (Å²) in [6.07, 6.45) is -2.44. The highest BCUT2D eigenvalue weighted by atomic mass is 19.4. The van der Waals surface area contributed by atoms with Crippen molar-refractivity contribution in [2.75, 3.05) is 13.1 Å². The Kier molecular flexibility index (Phi) is 7.61. The van der Waals surface area contributed by atoms with Gasteiger partial charge in [-0.3, -0.25) is 18.8 Å². The predicted octanol–water partition coefficient (Wildman–Crippen LogP) is 4.53. The minimum absolute atomic E-state index is 0.162. The highest BCUT2D eigenvalue weighted by molar-refractivity contribution is 5.35. The van der Waals surface area contributed by atoms with Crippen LogP contribution in [-0.4, -0.2) is 27.1 Å². The van der Waals surface area contributed by atoms with E-state index in [1.165, 1.54) is 0 Å². The van der Waals surface area contributed by atoms with Crippen molar-refractivity contribution in [1.29, 1.82) is 0 Å². The SMILES string of the molecule is NC(Cn1c(=O)c2c(n(Cc3c(F)cccc3C(F)(F)F)c1=O)COC21CCN(Cc2ccco2)CC1)c1ccccc1. The fraction of sp³-hybridized carbons (Fsp3) is 0.355. The maximum atomic E-state index is 15.0. The molecule has 6 rings (SSSR count). The summed E-state index contributed by atoms with van der Waals surface area (Å²) < 4.78 is 70.4. The molecule has 1 unspecified atom stereocenters. The van der Waals surface area contributed by atoms with Crippen molar-refractivity contribution in [1.82, 2.24) is 14.0 Å². The summed E-state index contributed by atoms with van der Waals surface area (Å²) in [6.45, 7) is 0.548. The second-order valence-electron chi connectivity index (χ2n) is 11.0. The number of alkyl halides is 3. The standard InChI is InChI=1S/C31H30F4N4O4/c32-24-10-4-9-23(31(33,34)35)22(24)17-38-26-19-43-30(11-13-37(14-12-30)16-21-8-5-15-42-21)27(26)28(40)39(29(38)41)18-25(36)20-6-2-1-3-7-20/h1-10,15,25H,11-14,16-19,36H2. The van der Waals surface area contributed by atoms with Crippen LogP contribution in [0.25, 0.3) is 0 Å². The molecule has 8 nitrogen and oxygen atoms in total. The summed E-state index contributed by atoms with van der Waals surface area (Å²) in [6, 6.07) is 14.5. The van der Waals surface area contributed by atoms with E-state index >= 15 is 0 Å². The van der Waals surface area contributed by atoms with E-state index in [1.807, 2.05) is 6.07 Å². The van der Waals surface area contributed by atoms with Gasteiger partial charge in [-0.25, -0.2) is 9.18 Å². The second-order valence-corrected chi connectivity index (χ2v) is 11.0. The number of rotatable bonds is 7. The van der Waals surface area contributed by atoms with Crippen molar-refractivity contribution >= 4 is 0 Å². The van der Waals surface area contributed by atoms with Crippen molar-refractivity contribution in [2.24, 2.45) is 5.73 Å². The van der Waals surface area contributed by atoms with Crippen LogP contribution in [0.2, 0.25) is 0 Å². The van der Waals surface area contributed by atoms with Gasteiger partial charge in [0.1, 0.15) is 17.2 Å². The smallest absolute Gasteiger partial charge is 0.416 e. The fourth-order valence-electron chi connectivity index (χ4n) is 6.19. The molecular weight excluding hydrogens is 568 g/mol. The van der Waals surface area contributed by atoms with Crippen LogP contribution in [0.3, 0.4) is 0 Å². The Morgan fingerprint density at radius 2 is 1.67 bits per heavy atom. The molecule has 1 fully saturated rings. The molecule has 4 aromatic rings. The van der Waals surface area contributed by atoms with E-state index in [0.717, 1.165) is 33.1 Å². The van der Waals surface area contributed by atoms with Crippen LogP contribution in [0.4, 0.5) is 17.6 Å². The molecule has 0 bridgehead atoms. The summed E-state index contributed by atoms with van der Waals surface area (Å²) in [5.41, 5.74) is 3.06. The summed E-state index contributed by atoms with van der Waals surface area (Å²) in [5.74, 6) is -0.311. The van der Waals surface area contributed by atoms with E-state index in [9.17, 15) is 27.2 Å². The number of hydrogen-bond donors (Lipinski definition) is 1. The first kappa shape index (κ1) is 29.1. The molecule has 43 heavy (non-hydrogen) atoms. The van der Waals surface area contributed by atoms with E-state index in [4.69, 9.17) is 14.9 Å². The van der Waals surface area contributed by atoms with Crippen LogP contribution in [0.5, 0.6) is 0 Å². The lowest BCUT2D eigenvalue weighted by Gasteiger charge is -2.38. The number of aromatic nitrogens is 2. The number of nitrogens with zero attached hydrogens (tertiary/aromatic N) is 3. The number of benzene rings is 2. The van der Waals surface area contributed by atoms with Gasteiger partial charge in [0.05, 0.1) is 49.3 Å². The van der Waals surface area contributed by atoms with E-state index in [-0.39, 0.29) is 24.4 Å². The minimum Gasteiger partial charge on any atom is -0.468 e. The van der Waals surface area contributed by atoms with E-state index in [0.29, 0.717) is 38.0 Å². The summed E-state index contributed by atoms with van der Waals surface area (Å²) in [5, 5.41) is 0. The Bertz CT molecular complexity index is 1720. The number of fused-ring (bicyclic) bond motifs is 2. The summed E-state index contributed by atoms with van der Waals surface area (Å²) in [4.78, 5) is 30.1. The molecule has 12 heteroatoms. The Balaban J connectivity index is 1.44. The van der Waals surface area contributed by atoms with Gasteiger partial charge in [0.15, 0.2) is 0 Å². The van der Waals surface area contributed by atoms with E-state index < -0.39 is 52.6 Å². The molecule has 2 N–H and O–H groups in total. The van der Waals surface area contributed by atoms with Gasteiger partial charge in [-0.15, -0.1) is 0 Å². The van der Waals surface area contributed by atoms with Gasteiger partial charge in [-0.1, -0.05) is 36.4 Å². The molecule has 0 amide bonds. The monoisotopic (exact) mass is 598 g/mol. The third-order valence-electron chi connectivity index (χ3n) is 8.45. The molecular formula is C31H30F4N4O4. The number of nitrogens with two attached hydrogens (primary N) is 1. The third-order valence-corrected chi connectivity index (χ3v) is 8.45. The fourth-order valence-corrected chi connectivity index (χ4v) is 6.19. The third kappa shape index (κ3) is 5.46. The number of ether oxygens (including phenoxy) is 1. The van der Waals surface area contributed by atoms with Gasteiger partial charge in [-0.05, 0) is 42.7 Å². The predicted molar refractivity (Wildman–Crippen MR) is 149 cm³/mol. The Morgan fingerprint density at radius 3 is 2.35 bits per heavy atom. The molecule has 2 aliphatic heterocycles. The quantitative estimate of drug-likeness (QED) is 0.314. The average molecular weight is 599 g/mol. The zero-order valence-electron chi connectivity index (χ0n) is 23.1. The molecule has 2 aromatic carbocycles. The van der Waals surface area contributed by atoms with Gasteiger partial charge in [-0.2, -0.15) is 13.2 Å². The molecule has 0 aliphatic carbocycles. The van der Waals surface area contributed by atoms with Crippen molar-refractivity contribution < 1.29 is 26.7 Å². The second kappa shape index (κ2) is 11.3. The van der Waals surface area contributed by atoms with Crippen molar-refractivity contribution in [3.05, 3.63) is 127 Å². The van der Waals surface area contributed by atoms with Gasteiger partial charge < -0.3 is 14.9 Å². The molecule has 0 radical (unpaired) electrons. The first-order chi connectivity index (χ1) is 20.6. The van der Waals surface area contributed by atoms with Crippen LogP contribution < -0.4 is 17.0 Å². The van der Waals surface area contributed by atoms with Crippen LogP contribution in [0.15, 0.2) is 80.9 Å². The van der Waals surface area contributed by atoms with Gasteiger partial charge in [0.25, 0.3) is 5.56 Å². The molecule has 226 valence electrons. The summed E-state index contributed by atoms with van der Waals surface area (Å²) >= 11 is 0. The van der Waals surface area contributed by atoms with Crippen LogP contribution in [-0.2, 0) is 42.8 Å². The van der Waals surface area contributed by atoms with Crippen molar-refractivity contribution in [3.63, 3.8) is 0 Å². The van der Waals surface area contributed by atoms with Crippen molar-refractivity contribution in [2.45, 2.75) is 56.9 Å². The maximum absolute atomic E-state index is 15.0. The molecule has 1 atom stereocenters. The largest absolute Gasteiger partial charge is 0.468 e. The first-order valence-electron chi connectivity index (χ1n) is 14.0. The number of likely N-dealkylation sites (tertiary alicyclic amines) is 1.